The second kappa shape index (κ2) is 7.17. The van der Waals surface area contributed by atoms with Gasteiger partial charge in [0.05, 0.1) is 16.8 Å². The Hall–Kier alpha value is -2.64. The first-order valence-corrected chi connectivity index (χ1v) is 9.76. The van der Waals surface area contributed by atoms with Crippen molar-refractivity contribution in [3.8, 4) is 11.3 Å². The summed E-state index contributed by atoms with van der Waals surface area (Å²) in [6.07, 6.45) is 0. The zero-order chi connectivity index (χ0) is 19.0. The first-order chi connectivity index (χ1) is 13.0. The van der Waals surface area contributed by atoms with Gasteiger partial charge in [-0.3, -0.25) is 15.1 Å². The lowest BCUT2D eigenvalue weighted by Crippen LogP contribution is -2.13. The molecule has 1 amide bonds. The van der Waals surface area contributed by atoms with Crippen molar-refractivity contribution in [2.24, 2.45) is 0 Å². The number of amides is 1. The molecule has 134 valence electrons. The Labute approximate surface area is 167 Å². The fraction of sp³-hybridized carbons (Fsp3) is 0.0500. The van der Waals surface area contributed by atoms with E-state index < -0.39 is 5.82 Å². The molecular formula is C20H13BrFN3OS. The van der Waals surface area contributed by atoms with Crippen molar-refractivity contribution >= 4 is 49.2 Å². The summed E-state index contributed by atoms with van der Waals surface area (Å²) >= 11 is 4.75. The third-order valence-electron chi connectivity index (χ3n) is 4.01. The minimum atomic E-state index is -0.408. The largest absolute Gasteiger partial charge is 0.298 e. The van der Waals surface area contributed by atoms with Crippen LogP contribution in [0.2, 0.25) is 0 Å². The van der Waals surface area contributed by atoms with Gasteiger partial charge in [-0.25, -0.2) is 9.37 Å². The summed E-state index contributed by atoms with van der Waals surface area (Å²) in [5, 5.41) is 5.65. The maximum Gasteiger partial charge on any atom is 0.258 e. The standard InChI is InChI=1S/C20H13BrFN3OS/c1-11-8-16(15-9-14(22)6-7-17(15)23-11)19(26)25-20-24-18(10-27-20)12-2-4-13(21)5-3-12/h2-10H,1H3,(H,24,25,26). The molecule has 0 saturated carbocycles. The van der Waals surface area contributed by atoms with E-state index in [0.717, 1.165) is 15.7 Å². The van der Waals surface area contributed by atoms with Crippen LogP contribution in [0.5, 0.6) is 0 Å². The Balaban J connectivity index is 1.64. The van der Waals surface area contributed by atoms with Gasteiger partial charge in [-0.1, -0.05) is 28.1 Å². The minimum absolute atomic E-state index is 0.340. The van der Waals surface area contributed by atoms with Crippen LogP contribution in [-0.4, -0.2) is 15.9 Å². The number of aryl methyl sites for hydroxylation is 1. The molecule has 27 heavy (non-hydrogen) atoms. The molecule has 4 nitrogen and oxygen atoms in total. The highest BCUT2D eigenvalue weighted by Gasteiger charge is 2.15. The van der Waals surface area contributed by atoms with Crippen molar-refractivity contribution in [3.63, 3.8) is 0 Å². The van der Waals surface area contributed by atoms with Gasteiger partial charge >= 0.3 is 0 Å². The maximum absolute atomic E-state index is 13.7. The molecule has 0 aliphatic heterocycles. The second-order valence-corrected chi connectivity index (χ2v) is 7.75. The number of hydrogen-bond donors (Lipinski definition) is 1. The minimum Gasteiger partial charge on any atom is -0.298 e. The molecule has 0 saturated heterocycles. The van der Waals surface area contributed by atoms with E-state index in [9.17, 15) is 9.18 Å². The third-order valence-corrected chi connectivity index (χ3v) is 5.29. The number of aromatic nitrogens is 2. The van der Waals surface area contributed by atoms with Crippen LogP contribution in [0.3, 0.4) is 0 Å². The molecule has 2 aromatic carbocycles. The number of rotatable bonds is 3. The molecule has 0 aliphatic rings. The normalized spacial score (nSPS) is 10.9. The van der Waals surface area contributed by atoms with Crippen LogP contribution < -0.4 is 5.32 Å². The predicted octanol–water partition coefficient (Wildman–Crippen LogP) is 5.82. The Morgan fingerprint density at radius 1 is 1.11 bits per heavy atom. The van der Waals surface area contributed by atoms with E-state index in [2.05, 4.69) is 31.2 Å². The number of anilines is 1. The van der Waals surface area contributed by atoms with Crippen molar-refractivity contribution in [2.45, 2.75) is 6.92 Å². The first kappa shape index (κ1) is 17.8. The van der Waals surface area contributed by atoms with E-state index in [1.54, 1.807) is 19.1 Å². The Kier molecular flexibility index (Phi) is 4.72. The van der Waals surface area contributed by atoms with Gasteiger partial charge in [0.1, 0.15) is 5.82 Å². The predicted molar refractivity (Wildman–Crippen MR) is 110 cm³/mol. The number of nitrogens with zero attached hydrogens (tertiary/aromatic N) is 2. The van der Waals surface area contributed by atoms with Gasteiger partial charge in [-0.2, -0.15) is 0 Å². The lowest BCUT2D eigenvalue weighted by molar-refractivity contribution is 0.102. The van der Waals surface area contributed by atoms with Crippen LogP contribution in [0.15, 0.2) is 58.4 Å². The summed E-state index contributed by atoms with van der Waals surface area (Å²) in [4.78, 5) is 21.6. The molecule has 1 N–H and O–H groups in total. The highest BCUT2D eigenvalue weighted by atomic mass is 79.9. The van der Waals surface area contributed by atoms with Gasteiger partial charge in [0.2, 0.25) is 0 Å². The monoisotopic (exact) mass is 441 g/mol. The van der Waals surface area contributed by atoms with E-state index in [4.69, 9.17) is 0 Å². The van der Waals surface area contributed by atoms with Crippen molar-refractivity contribution in [3.05, 3.63) is 75.5 Å². The van der Waals surface area contributed by atoms with Crippen LogP contribution in [0, 0.1) is 12.7 Å². The highest BCUT2D eigenvalue weighted by Crippen LogP contribution is 2.27. The average molecular weight is 442 g/mol. The quantitative estimate of drug-likeness (QED) is 0.435. The van der Waals surface area contributed by atoms with Crippen LogP contribution >= 0.6 is 27.3 Å². The zero-order valence-corrected chi connectivity index (χ0v) is 16.6. The molecule has 0 atom stereocenters. The molecular weight excluding hydrogens is 429 g/mol. The summed E-state index contributed by atoms with van der Waals surface area (Å²) in [6, 6.07) is 13.7. The molecule has 0 fully saturated rings. The number of halogens is 2. The number of hydrogen-bond acceptors (Lipinski definition) is 4. The fourth-order valence-electron chi connectivity index (χ4n) is 2.77. The highest BCUT2D eigenvalue weighted by molar-refractivity contribution is 9.10. The number of carbonyl (C=O) groups excluding carboxylic acids is 1. The number of fused-ring (bicyclic) bond motifs is 1. The SMILES string of the molecule is Cc1cc(C(=O)Nc2nc(-c3ccc(Br)cc3)cs2)c2cc(F)ccc2n1. The first-order valence-electron chi connectivity index (χ1n) is 8.09. The van der Waals surface area contributed by atoms with Crippen molar-refractivity contribution < 1.29 is 9.18 Å². The lowest BCUT2D eigenvalue weighted by atomic mass is 10.1. The second-order valence-electron chi connectivity index (χ2n) is 5.97. The summed E-state index contributed by atoms with van der Waals surface area (Å²) in [5.41, 5.74) is 3.38. The summed E-state index contributed by atoms with van der Waals surface area (Å²) in [5.74, 6) is -0.748. The molecule has 2 aromatic heterocycles. The summed E-state index contributed by atoms with van der Waals surface area (Å²) in [7, 11) is 0. The van der Waals surface area contributed by atoms with E-state index in [-0.39, 0.29) is 5.91 Å². The molecule has 0 spiro atoms. The van der Waals surface area contributed by atoms with Crippen molar-refractivity contribution in [1.29, 1.82) is 0 Å². The molecule has 0 unspecified atom stereocenters. The van der Waals surface area contributed by atoms with Gasteiger partial charge in [-0.05, 0) is 43.3 Å². The third kappa shape index (κ3) is 3.74. The van der Waals surface area contributed by atoms with Crippen LogP contribution in [-0.2, 0) is 0 Å². The number of benzene rings is 2. The molecule has 4 aromatic rings. The molecule has 4 rings (SSSR count). The van der Waals surface area contributed by atoms with Crippen molar-refractivity contribution in [1.82, 2.24) is 9.97 Å². The van der Waals surface area contributed by atoms with Gasteiger partial charge < -0.3 is 0 Å². The smallest absolute Gasteiger partial charge is 0.258 e. The van der Waals surface area contributed by atoms with Gasteiger partial charge in [0, 0.05) is 26.5 Å². The van der Waals surface area contributed by atoms with Gasteiger partial charge in [0.15, 0.2) is 5.13 Å². The van der Waals surface area contributed by atoms with Crippen molar-refractivity contribution in [2.75, 3.05) is 5.32 Å². The Bertz CT molecular complexity index is 1160. The summed E-state index contributed by atoms with van der Waals surface area (Å²) < 4.78 is 14.6. The summed E-state index contributed by atoms with van der Waals surface area (Å²) in [6.45, 7) is 1.80. The van der Waals surface area contributed by atoms with E-state index >= 15 is 0 Å². The van der Waals surface area contributed by atoms with E-state index in [1.807, 2.05) is 29.6 Å². The Morgan fingerprint density at radius 2 is 1.89 bits per heavy atom. The molecule has 7 heteroatoms. The number of thiazole rings is 1. The lowest BCUT2D eigenvalue weighted by Gasteiger charge is -2.07. The van der Waals surface area contributed by atoms with E-state index in [1.165, 1.54) is 23.5 Å². The van der Waals surface area contributed by atoms with Crippen LogP contribution in [0.4, 0.5) is 9.52 Å². The van der Waals surface area contributed by atoms with Gasteiger partial charge in [-0.15, -0.1) is 11.3 Å². The molecule has 0 bridgehead atoms. The zero-order valence-electron chi connectivity index (χ0n) is 14.2. The molecule has 2 heterocycles. The fourth-order valence-corrected chi connectivity index (χ4v) is 3.75. The molecule has 0 radical (unpaired) electrons. The molecule has 0 aliphatic carbocycles. The average Bonchev–Trinajstić information content (AvgIpc) is 3.10. The van der Waals surface area contributed by atoms with Crippen LogP contribution in [0.25, 0.3) is 22.2 Å². The number of pyridine rings is 1. The van der Waals surface area contributed by atoms with Crippen LogP contribution in [0.1, 0.15) is 16.1 Å². The van der Waals surface area contributed by atoms with E-state index in [0.29, 0.717) is 27.3 Å². The maximum atomic E-state index is 13.7. The Morgan fingerprint density at radius 3 is 2.67 bits per heavy atom. The van der Waals surface area contributed by atoms with Gasteiger partial charge in [0.25, 0.3) is 5.91 Å². The number of carbonyl (C=O) groups is 1. The topological polar surface area (TPSA) is 54.9 Å². The number of nitrogens with one attached hydrogen (secondary N) is 1.